The van der Waals surface area contributed by atoms with Gasteiger partial charge in [-0.25, -0.2) is 0 Å². The van der Waals surface area contributed by atoms with Crippen molar-refractivity contribution in [1.82, 2.24) is 4.90 Å². The number of aliphatic carboxylic acids is 1. The lowest BCUT2D eigenvalue weighted by atomic mass is 9.81. The number of hydrogen-bond donors (Lipinski definition) is 1. The summed E-state index contributed by atoms with van der Waals surface area (Å²) in [4.78, 5) is 14.2. The third-order valence-electron chi connectivity index (χ3n) is 6.18. The number of carboxylic acids is 1. The molecule has 5 atom stereocenters. The molecule has 1 heterocycles. The zero-order chi connectivity index (χ0) is 14.1. The van der Waals surface area contributed by atoms with Gasteiger partial charge in [-0.15, -0.1) is 0 Å². The Hall–Kier alpha value is -0.570. The van der Waals surface area contributed by atoms with Gasteiger partial charge in [-0.3, -0.25) is 9.69 Å². The van der Waals surface area contributed by atoms with Gasteiger partial charge in [0.1, 0.15) is 6.04 Å². The number of fused-ring (bicyclic) bond motifs is 1. The Morgan fingerprint density at radius 2 is 1.90 bits per heavy atom. The molecule has 0 aromatic carbocycles. The molecule has 1 aliphatic heterocycles. The smallest absolute Gasteiger partial charge is 0.320 e. The Morgan fingerprint density at radius 3 is 2.65 bits per heavy atom. The van der Waals surface area contributed by atoms with Crippen LogP contribution in [-0.2, 0) is 4.79 Å². The summed E-state index contributed by atoms with van der Waals surface area (Å²) >= 11 is 0. The Balaban J connectivity index is 1.78. The van der Waals surface area contributed by atoms with E-state index in [2.05, 4.69) is 11.8 Å². The van der Waals surface area contributed by atoms with Crippen LogP contribution in [-0.4, -0.2) is 34.1 Å². The van der Waals surface area contributed by atoms with Crippen LogP contribution in [0.1, 0.15) is 71.1 Å². The molecule has 20 heavy (non-hydrogen) atoms. The zero-order valence-corrected chi connectivity index (χ0v) is 12.8. The van der Waals surface area contributed by atoms with Crippen LogP contribution in [0.5, 0.6) is 0 Å². The predicted octanol–water partition coefficient (Wildman–Crippen LogP) is 3.67. The van der Waals surface area contributed by atoms with Gasteiger partial charge in [0.25, 0.3) is 0 Å². The summed E-state index contributed by atoms with van der Waals surface area (Å²) in [6.45, 7) is 2.29. The Labute approximate surface area is 122 Å². The molecule has 0 bridgehead atoms. The van der Waals surface area contributed by atoms with Crippen LogP contribution in [0.4, 0.5) is 0 Å². The second kappa shape index (κ2) is 6.05. The quantitative estimate of drug-likeness (QED) is 0.857. The summed E-state index contributed by atoms with van der Waals surface area (Å²) in [6, 6.07) is 0.928. The number of carboxylic acid groups (broad SMARTS) is 1. The van der Waals surface area contributed by atoms with Crippen molar-refractivity contribution in [1.29, 1.82) is 0 Å². The molecule has 114 valence electrons. The monoisotopic (exact) mass is 279 g/mol. The maximum atomic E-state index is 11.7. The molecular weight excluding hydrogens is 250 g/mol. The van der Waals surface area contributed by atoms with E-state index >= 15 is 0 Å². The van der Waals surface area contributed by atoms with E-state index in [1.807, 2.05) is 0 Å². The normalized spacial score (nSPS) is 42.4. The fraction of sp³-hybridized carbons (Fsp3) is 0.941. The minimum Gasteiger partial charge on any atom is -0.480 e. The zero-order valence-electron chi connectivity index (χ0n) is 12.8. The van der Waals surface area contributed by atoms with E-state index in [0.29, 0.717) is 18.0 Å². The van der Waals surface area contributed by atoms with E-state index in [4.69, 9.17) is 0 Å². The first-order chi connectivity index (χ1) is 9.70. The van der Waals surface area contributed by atoms with E-state index in [0.717, 1.165) is 12.3 Å². The Kier molecular flexibility index (Phi) is 4.34. The van der Waals surface area contributed by atoms with Gasteiger partial charge in [-0.05, 0) is 43.9 Å². The number of carbonyl (C=O) groups is 1. The fourth-order valence-corrected chi connectivity index (χ4v) is 5.15. The molecule has 5 unspecified atom stereocenters. The summed E-state index contributed by atoms with van der Waals surface area (Å²) in [6.07, 6.45) is 12.4. The molecular formula is C17H29NO2. The second-order valence-electron chi connectivity index (χ2n) is 7.24. The van der Waals surface area contributed by atoms with Gasteiger partial charge >= 0.3 is 5.97 Å². The lowest BCUT2D eigenvalue weighted by Crippen LogP contribution is -2.50. The number of hydrogen-bond acceptors (Lipinski definition) is 2. The minimum atomic E-state index is -0.571. The predicted molar refractivity (Wildman–Crippen MR) is 79.7 cm³/mol. The highest BCUT2D eigenvalue weighted by atomic mass is 16.4. The third kappa shape index (κ3) is 2.61. The molecule has 3 rings (SSSR count). The van der Waals surface area contributed by atoms with Gasteiger partial charge in [0.2, 0.25) is 0 Å². The first-order valence-corrected chi connectivity index (χ1v) is 8.71. The Bertz CT molecular complexity index is 357. The van der Waals surface area contributed by atoms with Gasteiger partial charge in [0, 0.05) is 12.1 Å². The van der Waals surface area contributed by atoms with Gasteiger partial charge in [0.05, 0.1) is 0 Å². The van der Waals surface area contributed by atoms with Crippen LogP contribution in [0.25, 0.3) is 0 Å². The average molecular weight is 279 g/mol. The van der Waals surface area contributed by atoms with Crippen molar-refractivity contribution in [2.45, 2.75) is 89.3 Å². The number of rotatable bonds is 3. The molecule has 1 N–H and O–H groups in total. The molecule has 3 nitrogen and oxygen atoms in total. The summed E-state index contributed by atoms with van der Waals surface area (Å²) in [5, 5.41) is 9.64. The van der Waals surface area contributed by atoms with E-state index < -0.39 is 5.97 Å². The molecule has 1 saturated heterocycles. The van der Waals surface area contributed by atoms with E-state index in [1.54, 1.807) is 0 Å². The van der Waals surface area contributed by atoms with Crippen molar-refractivity contribution in [2.75, 3.05) is 0 Å². The van der Waals surface area contributed by atoms with Gasteiger partial charge in [-0.2, -0.15) is 0 Å². The summed E-state index contributed by atoms with van der Waals surface area (Å²) < 4.78 is 0. The highest BCUT2D eigenvalue weighted by molar-refractivity contribution is 5.74. The van der Waals surface area contributed by atoms with Gasteiger partial charge in [0.15, 0.2) is 0 Å². The summed E-state index contributed by atoms with van der Waals surface area (Å²) in [5.41, 5.74) is 0. The number of nitrogens with zero attached hydrogens (tertiary/aromatic N) is 1. The van der Waals surface area contributed by atoms with Crippen LogP contribution in [0.3, 0.4) is 0 Å². The second-order valence-corrected chi connectivity index (χ2v) is 7.24. The minimum absolute atomic E-state index is 0.191. The van der Waals surface area contributed by atoms with Gasteiger partial charge in [-0.1, -0.05) is 39.0 Å². The topological polar surface area (TPSA) is 40.5 Å². The van der Waals surface area contributed by atoms with Crippen LogP contribution < -0.4 is 0 Å². The van der Waals surface area contributed by atoms with Crippen LogP contribution in [0, 0.1) is 11.8 Å². The van der Waals surface area contributed by atoms with Crippen molar-refractivity contribution in [3.63, 3.8) is 0 Å². The van der Waals surface area contributed by atoms with Crippen LogP contribution >= 0.6 is 0 Å². The maximum absolute atomic E-state index is 11.7. The largest absolute Gasteiger partial charge is 0.480 e. The van der Waals surface area contributed by atoms with E-state index in [1.165, 1.54) is 57.8 Å². The molecule has 2 aliphatic carbocycles. The van der Waals surface area contributed by atoms with Crippen LogP contribution in [0.15, 0.2) is 0 Å². The number of likely N-dealkylation sites (tertiary alicyclic amines) is 1. The Morgan fingerprint density at radius 1 is 1.10 bits per heavy atom. The van der Waals surface area contributed by atoms with Crippen molar-refractivity contribution in [3.05, 3.63) is 0 Å². The molecule has 3 aliphatic rings. The molecule has 0 radical (unpaired) electrons. The molecule has 3 heteroatoms. The SMILES string of the molecule is CCC1CCCC(N2C(C(=O)O)CC3CCCCC32)C1. The lowest BCUT2D eigenvalue weighted by molar-refractivity contribution is -0.144. The highest BCUT2D eigenvalue weighted by Gasteiger charge is 2.48. The average Bonchev–Trinajstić information content (AvgIpc) is 2.87. The summed E-state index contributed by atoms with van der Waals surface area (Å²) in [5.74, 6) is 0.913. The maximum Gasteiger partial charge on any atom is 0.320 e. The fourth-order valence-electron chi connectivity index (χ4n) is 5.15. The molecule has 2 saturated carbocycles. The first kappa shape index (κ1) is 14.4. The van der Waals surface area contributed by atoms with Crippen molar-refractivity contribution >= 4 is 5.97 Å². The van der Waals surface area contributed by atoms with E-state index in [9.17, 15) is 9.90 Å². The van der Waals surface area contributed by atoms with Gasteiger partial charge < -0.3 is 5.11 Å². The summed E-state index contributed by atoms with van der Waals surface area (Å²) in [7, 11) is 0. The van der Waals surface area contributed by atoms with Crippen LogP contribution in [0.2, 0.25) is 0 Å². The highest BCUT2D eigenvalue weighted by Crippen LogP contribution is 2.44. The van der Waals surface area contributed by atoms with E-state index in [-0.39, 0.29) is 6.04 Å². The van der Waals surface area contributed by atoms with Crippen molar-refractivity contribution in [3.8, 4) is 0 Å². The molecule has 0 aromatic heterocycles. The van der Waals surface area contributed by atoms with Crippen molar-refractivity contribution in [2.24, 2.45) is 11.8 Å². The molecule has 0 amide bonds. The standard InChI is InChI=1S/C17H29NO2/c1-2-12-6-5-8-14(10-12)18-15-9-4-3-7-13(15)11-16(18)17(19)20/h12-16H,2-11H2,1H3,(H,19,20). The molecule has 0 spiro atoms. The molecule has 3 fully saturated rings. The van der Waals surface area contributed by atoms with Crippen molar-refractivity contribution < 1.29 is 9.90 Å². The third-order valence-corrected chi connectivity index (χ3v) is 6.18. The lowest BCUT2D eigenvalue weighted by Gasteiger charge is -2.42. The molecule has 0 aromatic rings. The first-order valence-electron chi connectivity index (χ1n) is 8.71.